The first kappa shape index (κ1) is 12.0. The predicted molar refractivity (Wildman–Crippen MR) is 83.4 cm³/mol. The highest BCUT2D eigenvalue weighted by Gasteiger charge is 2.17. The molecule has 0 radical (unpaired) electrons. The Morgan fingerprint density at radius 2 is 1.37 bits per heavy atom. The Balaban J connectivity index is 2.36. The van der Waals surface area contributed by atoms with Gasteiger partial charge < -0.3 is 4.90 Å². The van der Waals surface area contributed by atoms with Gasteiger partial charge in [-0.25, -0.2) is 0 Å². The molecular formula is C18H19N. The lowest BCUT2D eigenvalue weighted by Crippen LogP contribution is -2.08. The van der Waals surface area contributed by atoms with Crippen molar-refractivity contribution in [1.29, 1.82) is 0 Å². The lowest BCUT2D eigenvalue weighted by Gasteiger charge is -2.17. The summed E-state index contributed by atoms with van der Waals surface area (Å²) in [6.45, 7) is 6.48. The number of hydrogen-bond donors (Lipinski definition) is 0. The molecule has 0 atom stereocenters. The zero-order valence-corrected chi connectivity index (χ0v) is 12.0. The van der Waals surface area contributed by atoms with Crippen LogP contribution in [0.15, 0.2) is 42.6 Å². The number of benzene rings is 2. The second kappa shape index (κ2) is 4.27. The molecule has 2 aromatic rings. The van der Waals surface area contributed by atoms with E-state index in [-0.39, 0.29) is 0 Å². The van der Waals surface area contributed by atoms with E-state index in [1.165, 1.54) is 39.1 Å². The minimum absolute atomic E-state index is 1.28. The summed E-state index contributed by atoms with van der Waals surface area (Å²) in [5, 5.41) is 0. The SMILES string of the molecule is CC1=CN(C)c2cc(C)ccc2-c2ccc(C)cc21. The second-order valence-electron chi connectivity index (χ2n) is 5.49. The average Bonchev–Trinajstić information content (AvgIpc) is 2.47. The molecule has 0 bridgehead atoms. The fourth-order valence-electron chi connectivity index (χ4n) is 2.81. The van der Waals surface area contributed by atoms with E-state index in [1.807, 2.05) is 0 Å². The molecule has 1 aliphatic heterocycles. The van der Waals surface area contributed by atoms with Crippen molar-refractivity contribution >= 4 is 11.3 Å². The molecule has 2 aromatic carbocycles. The largest absolute Gasteiger partial charge is 0.350 e. The molecule has 0 saturated carbocycles. The Labute approximate surface area is 115 Å². The van der Waals surface area contributed by atoms with E-state index in [2.05, 4.69) is 75.3 Å². The van der Waals surface area contributed by atoms with Crippen LogP contribution in [-0.2, 0) is 0 Å². The molecule has 0 aliphatic carbocycles. The van der Waals surface area contributed by atoms with Crippen molar-refractivity contribution in [1.82, 2.24) is 0 Å². The maximum atomic E-state index is 2.28. The van der Waals surface area contributed by atoms with Gasteiger partial charge in [0.05, 0.1) is 0 Å². The van der Waals surface area contributed by atoms with Crippen molar-refractivity contribution in [2.75, 3.05) is 11.9 Å². The van der Waals surface area contributed by atoms with Crippen molar-refractivity contribution in [3.8, 4) is 11.1 Å². The Kier molecular flexibility index (Phi) is 2.70. The van der Waals surface area contributed by atoms with Crippen molar-refractivity contribution in [2.24, 2.45) is 0 Å². The van der Waals surface area contributed by atoms with E-state index in [9.17, 15) is 0 Å². The van der Waals surface area contributed by atoms with Gasteiger partial charge in [-0.1, -0.05) is 35.9 Å². The van der Waals surface area contributed by atoms with Crippen LogP contribution in [-0.4, -0.2) is 7.05 Å². The van der Waals surface area contributed by atoms with Gasteiger partial charge in [-0.05, 0) is 49.1 Å². The summed E-state index contributed by atoms with van der Waals surface area (Å²) in [5.74, 6) is 0. The molecule has 19 heavy (non-hydrogen) atoms. The van der Waals surface area contributed by atoms with Gasteiger partial charge in [-0.3, -0.25) is 0 Å². The molecule has 3 rings (SSSR count). The van der Waals surface area contributed by atoms with Gasteiger partial charge in [-0.2, -0.15) is 0 Å². The Hall–Kier alpha value is -2.02. The third kappa shape index (κ3) is 1.95. The highest BCUT2D eigenvalue weighted by Crippen LogP contribution is 2.39. The van der Waals surface area contributed by atoms with E-state index in [0.717, 1.165) is 0 Å². The van der Waals surface area contributed by atoms with Crippen LogP contribution in [0.3, 0.4) is 0 Å². The summed E-state index contributed by atoms with van der Waals surface area (Å²) < 4.78 is 0. The van der Waals surface area contributed by atoms with Gasteiger partial charge >= 0.3 is 0 Å². The molecule has 0 amide bonds. The van der Waals surface area contributed by atoms with Crippen LogP contribution in [0.4, 0.5) is 5.69 Å². The van der Waals surface area contributed by atoms with E-state index in [4.69, 9.17) is 0 Å². The Bertz CT molecular complexity index is 680. The topological polar surface area (TPSA) is 3.24 Å². The molecule has 0 unspecified atom stereocenters. The molecule has 0 N–H and O–H groups in total. The normalized spacial score (nSPS) is 13.5. The zero-order chi connectivity index (χ0) is 13.6. The third-order valence-corrected chi connectivity index (χ3v) is 3.81. The molecule has 0 saturated heterocycles. The molecule has 1 heterocycles. The van der Waals surface area contributed by atoms with Crippen LogP contribution in [0.2, 0.25) is 0 Å². The summed E-state index contributed by atoms with van der Waals surface area (Å²) in [6.07, 6.45) is 2.23. The fourth-order valence-corrected chi connectivity index (χ4v) is 2.81. The van der Waals surface area contributed by atoms with Crippen molar-refractivity contribution in [2.45, 2.75) is 20.8 Å². The maximum Gasteiger partial charge on any atom is 0.0486 e. The minimum Gasteiger partial charge on any atom is -0.350 e. The molecule has 96 valence electrons. The van der Waals surface area contributed by atoms with Gasteiger partial charge in [0.15, 0.2) is 0 Å². The summed E-state index contributed by atoms with van der Waals surface area (Å²) in [6, 6.07) is 13.4. The third-order valence-electron chi connectivity index (χ3n) is 3.81. The lowest BCUT2D eigenvalue weighted by molar-refractivity contribution is 1.20. The maximum absolute atomic E-state index is 2.28. The van der Waals surface area contributed by atoms with Crippen LogP contribution in [0.5, 0.6) is 0 Å². The monoisotopic (exact) mass is 249 g/mol. The number of hydrogen-bond acceptors (Lipinski definition) is 1. The molecule has 1 heteroatoms. The van der Waals surface area contributed by atoms with Crippen LogP contribution in [0.25, 0.3) is 16.7 Å². The Morgan fingerprint density at radius 3 is 2.11 bits per heavy atom. The number of allylic oxidation sites excluding steroid dienone is 1. The summed E-state index contributed by atoms with van der Waals surface area (Å²) in [5.41, 5.74) is 9.19. The van der Waals surface area contributed by atoms with Crippen molar-refractivity contribution in [3.63, 3.8) is 0 Å². The smallest absolute Gasteiger partial charge is 0.0486 e. The summed E-state index contributed by atoms with van der Waals surface area (Å²) >= 11 is 0. The zero-order valence-electron chi connectivity index (χ0n) is 12.0. The lowest BCUT2D eigenvalue weighted by atomic mass is 9.93. The van der Waals surface area contributed by atoms with E-state index in [1.54, 1.807) is 0 Å². The van der Waals surface area contributed by atoms with Gasteiger partial charge in [0.2, 0.25) is 0 Å². The molecule has 0 aromatic heterocycles. The van der Waals surface area contributed by atoms with Gasteiger partial charge in [0.1, 0.15) is 0 Å². The fraction of sp³-hybridized carbons (Fsp3) is 0.222. The first-order valence-corrected chi connectivity index (χ1v) is 6.69. The van der Waals surface area contributed by atoms with Crippen LogP contribution >= 0.6 is 0 Å². The average molecular weight is 249 g/mol. The highest BCUT2D eigenvalue weighted by molar-refractivity contribution is 5.91. The number of nitrogens with zero attached hydrogens (tertiary/aromatic N) is 1. The quantitative estimate of drug-likeness (QED) is 0.649. The second-order valence-corrected chi connectivity index (χ2v) is 5.49. The number of fused-ring (bicyclic) bond motifs is 3. The van der Waals surface area contributed by atoms with Crippen LogP contribution in [0.1, 0.15) is 23.6 Å². The molecule has 1 nitrogen and oxygen atoms in total. The van der Waals surface area contributed by atoms with Crippen LogP contribution < -0.4 is 4.90 Å². The summed E-state index contributed by atoms with van der Waals surface area (Å²) in [7, 11) is 2.13. The van der Waals surface area contributed by atoms with Gasteiger partial charge in [0, 0.05) is 24.5 Å². The van der Waals surface area contributed by atoms with E-state index < -0.39 is 0 Å². The first-order valence-electron chi connectivity index (χ1n) is 6.69. The van der Waals surface area contributed by atoms with Crippen molar-refractivity contribution < 1.29 is 0 Å². The highest BCUT2D eigenvalue weighted by atomic mass is 15.1. The molecule has 1 aliphatic rings. The summed E-state index contributed by atoms with van der Waals surface area (Å²) in [4.78, 5) is 2.23. The Morgan fingerprint density at radius 1 is 0.737 bits per heavy atom. The van der Waals surface area contributed by atoms with Crippen LogP contribution in [0, 0.1) is 13.8 Å². The molecule has 0 fully saturated rings. The van der Waals surface area contributed by atoms with E-state index in [0.29, 0.717) is 0 Å². The molecule has 0 spiro atoms. The van der Waals surface area contributed by atoms with E-state index >= 15 is 0 Å². The van der Waals surface area contributed by atoms with Gasteiger partial charge in [0.25, 0.3) is 0 Å². The van der Waals surface area contributed by atoms with Crippen molar-refractivity contribution in [3.05, 3.63) is 59.3 Å². The minimum atomic E-state index is 1.28. The number of rotatable bonds is 0. The number of anilines is 1. The first-order chi connectivity index (χ1) is 9.06. The number of aryl methyl sites for hydroxylation is 2. The van der Waals surface area contributed by atoms with Gasteiger partial charge in [-0.15, -0.1) is 0 Å². The molecular weight excluding hydrogens is 230 g/mol. The predicted octanol–water partition coefficient (Wildman–Crippen LogP) is 4.78. The standard InChI is InChI=1S/C18H19N/c1-12-5-7-15-16-8-6-13(2)10-18(16)19(4)11-14(3)17(15)9-12/h5-11H,1-4H3.